The Hall–Kier alpha value is -1.31. The van der Waals surface area contributed by atoms with Gasteiger partial charge in [-0.2, -0.15) is 0 Å². The van der Waals surface area contributed by atoms with E-state index < -0.39 is 10.0 Å². The van der Waals surface area contributed by atoms with E-state index in [4.69, 9.17) is 16.0 Å². The highest BCUT2D eigenvalue weighted by Crippen LogP contribution is 2.24. The number of anilines is 2. The van der Waals surface area contributed by atoms with Gasteiger partial charge in [0.1, 0.15) is 0 Å². The van der Waals surface area contributed by atoms with Gasteiger partial charge in [0.15, 0.2) is 0 Å². The summed E-state index contributed by atoms with van der Waals surface area (Å²) in [5.41, 5.74) is 6.67. The molecule has 0 unspecified atom stereocenters. The van der Waals surface area contributed by atoms with E-state index in [2.05, 4.69) is 0 Å². The Bertz CT molecular complexity index is 473. The summed E-state index contributed by atoms with van der Waals surface area (Å²) in [7, 11) is -1.98. The maximum absolute atomic E-state index is 11.1. The van der Waals surface area contributed by atoms with Crippen LogP contribution in [0.15, 0.2) is 23.1 Å². The third-order valence-corrected chi connectivity index (χ3v) is 3.09. The van der Waals surface area contributed by atoms with Gasteiger partial charge in [-0.15, -0.1) is 0 Å². The van der Waals surface area contributed by atoms with Gasteiger partial charge in [0.05, 0.1) is 22.9 Å². The minimum absolute atomic E-state index is 0.00706. The third kappa shape index (κ3) is 2.84. The molecule has 0 bridgehead atoms. The molecule has 0 saturated carbocycles. The van der Waals surface area contributed by atoms with Gasteiger partial charge < -0.3 is 15.7 Å². The Morgan fingerprint density at radius 1 is 1.44 bits per heavy atom. The Morgan fingerprint density at radius 3 is 2.50 bits per heavy atom. The quantitative estimate of drug-likeness (QED) is 0.610. The maximum atomic E-state index is 11.1. The van der Waals surface area contributed by atoms with Gasteiger partial charge in [0.2, 0.25) is 10.0 Å². The summed E-state index contributed by atoms with van der Waals surface area (Å²) in [5, 5.41) is 13.7. The van der Waals surface area contributed by atoms with Crippen LogP contribution in [0, 0.1) is 0 Å². The summed E-state index contributed by atoms with van der Waals surface area (Å²) in [5.74, 6) is 0. The molecule has 0 aliphatic carbocycles. The predicted molar refractivity (Wildman–Crippen MR) is 62.6 cm³/mol. The zero-order chi connectivity index (χ0) is 12.3. The van der Waals surface area contributed by atoms with E-state index in [9.17, 15) is 8.42 Å². The van der Waals surface area contributed by atoms with Crippen LogP contribution in [0.2, 0.25) is 0 Å². The number of hydrogen-bond acceptors (Lipinski definition) is 5. The topological polar surface area (TPSA) is 110 Å². The molecule has 5 N–H and O–H groups in total. The van der Waals surface area contributed by atoms with E-state index in [0.29, 0.717) is 17.9 Å². The largest absolute Gasteiger partial charge is 0.397 e. The summed E-state index contributed by atoms with van der Waals surface area (Å²) in [6, 6.07) is 4.25. The van der Waals surface area contributed by atoms with Crippen molar-refractivity contribution >= 4 is 21.4 Å². The van der Waals surface area contributed by atoms with Crippen molar-refractivity contribution in [3.63, 3.8) is 0 Å². The Kier molecular flexibility index (Phi) is 3.74. The summed E-state index contributed by atoms with van der Waals surface area (Å²) in [4.78, 5) is 1.70. The van der Waals surface area contributed by atoms with Crippen LogP contribution in [0.3, 0.4) is 0 Å². The van der Waals surface area contributed by atoms with Crippen LogP contribution in [0.5, 0.6) is 0 Å². The van der Waals surface area contributed by atoms with Gasteiger partial charge in [-0.05, 0) is 18.2 Å². The second-order valence-corrected chi connectivity index (χ2v) is 4.97. The van der Waals surface area contributed by atoms with Crippen LogP contribution in [0.25, 0.3) is 0 Å². The first kappa shape index (κ1) is 12.8. The SMILES string of the molecule is CN(CCO)c1ccc(S(N)(=O)=O)cc1N. The van der Waals surface area contributed by atoms with E-state index in [1.807, 2.05) is 0 Å². The number of sulfonamides is 1. The van der Waals surface area contributed by atoms with Crippen LogP contribution >= 0.6 is 0 Å². The van der Waals surface area contributed by atoms with Gasteiger partial charge >= 0.3 is 0 Å². The number of aliphatic hydroxyl groups excluding tert-OH is 1. The lowest BCUT2D eigenvalue weighted by Crippen LogP contribution is -2.22. The fourth-order valence-electron chi connectivity index (χ4n) is 1.33. The zero-order valence-electron chi connectivity index (χ0n) is 8.92. The molecule has 0 aliphatic rings. The summed E-state index contributed by atoms with van der Waals surface area (Å²) in [6.07, 6.45) is 0. The van der Waals surface area contributed by atoms with Crippen molar-refractivity contribution in [2.45, 2.75) is 4.90 Å². The fraction of sp³-hybridized carbons (Fsp3) is 0.333. The summed E-state index contributed by atoms with van der Waals surface area (Å²) < 4.78 is 22.1. The lowest BCUT2D eigenvalue weighted by molar-refractivity contribution is 0.304. The van der Waals surface area contributed by atoms with Gasteiger partial charge in [-0.1, -0.05) is 0 Å². The molecule has 0 heterocycles. The first-order valence-corrected chi connectivity index (χ1v) is 6.15. The highest BCUT2D eigenvalue weighted by Gasteiger charge is 2.11. The molecule has 0 aromatic heterocycles. The van der Waals surface area contributed by atoms with Gasteiger partial charge in [0, 0.05) is 13.6 Å². The van der Waals surface area contributed by atoms with Gasteiger partial charge in [0.25, 0.3) is 0 Å². The molecule has 0 amide bonds. The summed E-state index contributed by atoms with van der Waals surface area (Å²) >= 11 is 0. The molecule has 1 rings (SSSR count). The van der Waals surface area contributed by atoms with Crippen molar-refractivity contribution in [1.29, 1.82) is 0 Å². The minimum Gasteiger partial charge on any atom is -0.397 e. The molecule has 0 radical (unpaired) electrons. The van der Waals surface area contributed by atoms with Gasteiger partial charge in [-0.3, -0.25) is 0 Å². The number of primary sulfonamides is 1. The molecule has 0 atom stereocenters. The van der Waals surface area contributed by atoms with E-state index >= 15 is 0 Å². The Balaban J connectivity index is 3.10. The van der Waals surface area contributed by atoms with Crippen LogP contribution in [-0.4, -0.2) is 33.7 Å². The number of nitrogens with zero attached hydrogens (tertiary/aromatic N) is 1. The molecule has 6 nitrogen and oxygen atoms in total. The van der Waals surface area contributed by atoms with E-state index in [-0.39, 0.29) is 11.5 Å². The number of nitrogens with two attached hydrogens (primary N) is 2. The van der Waals surface area contributed by atoms with Crippen LogP contribution in [-0.2, 0) is 10.0 Å². The number of rotatable bonds is 4. The zero-order valence-corrected chi connectivity index (χ0v) is 9.74. The van der Waals surface area contributed by atoms with Crippen molar-refractivity contribution in [3.05, 3.63) is 18.2 Å². The number of benzene rings is 1. The average Bonchev–Trinajstić information content (AvgIpc) is 2.16. The Morgan fingerprint density at radius 2 is 2.06 bits per heavy atom. The first-order chi connectivity index (χ1) is 7.36. The van der Waals surface area contributed by atoms with Crippen molar-refractivity contribution in [1.82, 2.24) is 0 Å². The fourth-order valence-corrected chi connectivity index (χ4v) is 1.88. The minimum atomic E-state index is -3.73. The average molecular weight is 245 g/mol. The molecule has 1 aromatic rings. The van der Waals surface area contributed by atoms with Crippen molar-refractivity contribution in [3.8, 4) is 0 Å². The molecular formula is C9H15N3O3S. The summed E-state index contributed by atoms with van der Waals surface area (Å²) in [6.45, 7) is 0.409. The van der Waals surface area contributed by atoms with Crippen molar-refractivity contribution in [2.24, 2.45) is 5.14 Å². The molecule has 90 valence electrons. The third-order valence-electron chi connectivity index (χ3n) is 2.17. The molecule has 0 spiro atoms. The molecular weight excluding hydrogens is 230 g/mol. The monoisotopic (exact) mass is 245 g/mol. The van der Waals surface area contributed by atoms with Crippen LogP contribution in [0.4, 0.5) is 11.4 Å². The molecule has 1 aromatic carbocycles. The number of aliphatic hydroxyl groups is 1. The molecule has 0 saturated heterocycles. The molecule has 16 heavy (non-hydrogen) atoms. The van der Waals surface area contributed by atoms with Crippen molar-refractivity contribution < 1.29 is 13.5 Å². The second kappa shape index (κ2) is 4.69. The lowest BCUT2D eigenvalue weighted by Gasteiger charge is -2.20. The smallest absolute Gasteiger partial charge is 0.238 e. The van der Waals surface area contributed by atoms with E-state index in [1.165, 1.54) is 12.1 Å². The predicted octanol–water partition coefficient (Wildman–Crippen LogP) is -0.655. The number of hydrogen-bond donors (Lipinski definition) is 3. The Labute approximate surface area is 94.5 Å². The van der Waals surface area contributed by atoms with Crippen LogP contribution < -0.4 is 15.8 Å². The van der Waals surface area contributed by atoms with E-state index in [1.54, 1.807) is 18.0 Å². The second-order valence-electron chi connectivity index (χ2n) is 3.41. The van der Waals surface area contributed by atoms with Crippen LogP contribution in [0.1, 0.15) is 0 Å². The highest BCUT2D eigenvalue weighted by atomic mass is 32.2. The molecule has 0 aliphatic heterocycles. The molecule has 7 heteroatoms. The van der Waals surface area contributed by atoms with E-state index in [0.717, 1.165) is 0 Å². The maximum Gasteiger partial charge on any atom is 0.238 e. The number of nitrogen functional groups attached to an aromatic ring is 1. The standard InChI is InChI=1S/C9H15N3O3S/c1-12(4-5-13)9-3-2-7(6-8(9)10)16(11,14)15/h2-3,6,13H,4-5,10H2,1H3,(H2,11,14,15). The first-order valence-electron chi connectivity index (χ1n) is 4.60. The highest BCUT2D eigenvalue weighted by molar-refractivity contribution is 7.89. The lowest BCUT2D eigenvalue weighted by atomic mass is 10.2. The molecule has 0 fully saturated rings. The number of likely N-dealkylation sites (N-methyl/N-ethyl adjacent to an activating group) is 1. The van der Waals surface area contributed by atoms with Crippen molar-refractivity contribution in [2.75, 3.05) is 30.8 Å². The normalized spacial score (nSPS) is 11.4. The van der Waals surface area contributed by atoms with Gasteiger partial charge in [-0.25, -0.2) is 13.6 Å².